The van der Waals surface area contributed by atoms with Crippen LogP contribution in [0.2, 0.25) is 0 Å². The van der Waals surface area contributed by atoms with E-state index in [1.54, 1.807) is 22.6 Å². The second kappa shape index (κ2) is 5.26. The van der Waals surface area contributed by atoms with Crippen LogP contribution in [0, 0.1) is 15.2 Å². The number of carbonyl (C=O) groups excluding carboxylic acids is 1. The molecule has 1 aromatic carbocycles. The zero-order valence-corrected chi connectivity index (χ0v) is 11.9. The molecule has 7 heteroatoms. The van der Waals surface area contributed by atoms with Crippen molar-refractivity contribution in [3.63, 3.8) is 0 Å². The van der Waals surface area contributed by atoms with Crippen molar-refractivity contribution >= 4 is 28.5 Å². The molecule has 0 saturated carbocycles. The fraction of sp³-hybridized carbons (Fsp3) is 0.417. The molecule has 1 saturated heterocycles. The molecule has 0 bridgehead atoms. The smallest absolute Gasteiger partial charge is 0.265 e. The number of rotatable bonds is 1. The van der Waals surface area contributed by atoms with Crippen LogP contribution in [-0.4, -0.2) is 29.8 Å². The molecule has 104 valence electrons. The Hall–Kier alpha value is -0.860. The average molecular weight is 387 g/mol. The summed E-state index contributed by atoms with van der Waals surface area (Å²) < 4.78 is 53.9. The molecule has 1 heterocycles. The Morgan fingerprint density at radius 3 is 2.63 bits per heavy atom. The van der Waals surface area contributed by atoms with Gasteiger partial charge in [-0.1, -0.05) is 0 Å². The fourth-order valence-corrected chi connectivity index (χ4v) is 2.47. The Labute approximate surface area is 120 Å². The van der Waals surface area contributed by atoms with E-state index in [0.717, 1.165) is 11.0 Å². The molecule has 1 aliphatic heterocycles. The van der Waals surface area contributed by atoms with Crippen molar-refractivity contribution < 1.29 is 22.4 Å². The first kappa shape index (κ1) is 14.5. The highest BCUT2D eigenvalue weighted by molar-refractivity contribution is 14.1. The molecule has 0 aromatic heterocycles. The molecule has 19 heavy (non-hydrogen) atoms. The predicted octanol–water partition coefficient (Wildman–Crippen LogP) is 3.44. The lowest BCUT2D eigenvalue weighted by Crippen LogP contribution is -2.46. The number of nitrogens with zero attached hydrogens (tertiary/aromatic N) is 1. The van der Waals surface area contributed by atoms with Gasteiger partial charge in [0.05, 0.1) is 6.54 Å². The van der Waals surface area contributed by atoms with Gasteiger partial charge in [0.25, 0.3) is 11.8 Å². The standard InChI is InChI=1S/C12H10F4INO/c13-7-2-3-8(17)10(14)9(7)11(19)18-5-1-4-12(15,16)6-18/h2-3H,1,4-6H2. The van der Waals surface area contributed by atoms with Gasteiger partial charge in [-0.2, -0.15) is 0 Å². The number of likely N-dealkylation sites (tertiary alicyclic amines) is 1. The Morgan fingerprint density at radius 1 is 1.32 bits per heavy atom. The summed E-state index contributed by atoms with van der Waals surface area (Å²) in [4.78, 5) is 12.8. The van der Waals surface area contributed by atoms with E-state index in [9.17, 15) is 22.4 Å². The van der Waals surface area contributed by atoms with Gasteiger partial charge in [0, 0.05) is 16.5 Å². The van der Waals surface area contributed by atoms with Gasteiger partial charge in [-0.15, -0.1) is 0 Å². The summed E-state index contributed by atoms with van der Waals surface area (Å²) in [7, 11) is 0. The van der Waals surface area contributed by atoms with Crippen LogP contribution < -0.4 is 0 Å². The first-order valence-corrected chi connectivity index (χ1v) is 6.70. The number of piperidine rings is 1. The summed E-state index contributed by atoms with van der Waals surface area (Å²) in [6, 6.07) is 2.15. The highest BCUT2D eigenvalue weighted by atomic mass is 127. The van der Waals surface area contributed by atoms with E-state index in [1.807, 2.05) is 0 Å². The van der Waals surface area contributed by atoms with Crippen LogP contribution in [-0.2, 0) is 0 Å². The second-order valence-corrected chi connectivity index (χ2v) is 5.57. The summed E-state index contributed by atoms with van der Waals surface area (Å²) >= 11 is 1.62. The predicted molar refractivity (Wildman–Crippen MR) is 69.2 cm³/mol. The molecule has 0 radical (unpaired) electrons. The normalized spacial score (nSPS) is 18.5. The Kier molecular flexibility index (Phi) is 4.03. The van der Waals surface area contributed by atoms with E-state index in [-0.39, 0.29) is 23.0 Å². The summed E-state index contributed by atoms with van der Waals surface area (Å²) in [5.41, 5.74) is -0.760. The minimum Gasteiger partial charge on any atom is -0.332 e. The van der Waals surface area contributed by atoms with Gasteiger partial charge in [0.1, 0.15) is 11.4 Å². The molecule has 2 rings (SSSR count). The Balaban J connectivity index is 2.32. The highest BCUT2D eigenvalue weighted by Gasteiger charge is 2.38. The summed E-state index contributed by atoms with van der Waals surface area (Å²) in [5.74, 6) is -6.05. The molecule has 2 nitrogen and oxygen atoms in total. The zero-order chi connectivity index (χ0) is 14.2. The number of amides is 1. The summed E-state index contributed by atoms with van der Waals surface area (Å²) in [6.45, 7) is -0.713. The summed E-state index contributed by atoms with van der Waals surface area (Å²) in [5, 5.41) is 0. The third-order valence-corrected chi connectivity index (χ3v) is 3.77. The molecule has 1 aliphatic rings. The first-order chi connectivity index (χ1) is 8.82. The number of benzene rings is 1. The maximum absolute atomic E-state index is 13.8. The lowest BCUT2D eigenvalue weighted by Gasteiger charge is -2.32. The van der Waals surface area contributed by atoms with E-state index in [0.29, 0.717) is 0 Å². The number of hydrogen-bond acceptors (Lipinski definition) is 1. The maximum atomic E-state index is 13.8. The van der Waals surface area contributed by atoms with Crippen LogP contribution in [0.3, 0.4) is 0 Å². The van der Waals surface area contributed by atoms with Gasteiger partial charge in [0.2, 0.25) is 0 Å². The molecule has 0 aliphatic carbocycles. The molecule has 1 aromatic rings. The monoisotopic (exact) mass is 387 g/mol. The topological polar surface area (TPSA) is 20.3 Å². The van der Waals surface area contributed by atoms with Crippen LogP contribution >= 0.6 is 22.6 Å². The molecule has 0 atom stereocenters. The number of halogens is 5. The van der Waals surface area contributed by atoms with Gasteiger partial charge in [-0.05, 0) is 41.1 Å². The van der Waals surface area contributed by atoms with Crippen molar-refractivity contribution in [3.05, 3.63) is 32.9 Å². The van der Waals surface area contributed by atoms with Crippen molar-refractivity contribution in [2.75, 3.05) is 13.1 Å². The van der Waals surface area contributed by atoms with Crippen LogP contribution in [0.5, 0.6) is 0 Å². The molecular weight excluding hydrogens is 377 g/mol. The van der Waals surface area contributed by atoms with Gasteiger partial charge in [0.15, 0.2) is 5.82 Å². The molecule has 1 fully saturated rings. The number of alkyl halides is 2. The lowest BCUT2D eigenvalue weighted by molar-refractivity contribution is -0.0562. The van der Waals surface area contributed by atoms with E-state index in [2.05, 4.69) is 0 Å². The van der Waals surface area contributed by atoms with Gasteiger partial charge in [-0.3, -0.25) is 4.79 Å². The van der Waals surface area contributed by atoms with E-state index < -0.39 is 35.6 Å². The minimum atomic E-state index is -3.00. The third kappa shape index (κ3) is 3.01. The van der Waals surface area contributed by atoms with Crippen molar-refractivity contribution in [2.45, 2.75) is 18.8 Å². The number of carbonyl (C=O) groups is 1. The Morgan fingerprint density at radius 2 is 2.00 bits per heavy atom. The average Bonchev–Trinajstić information content (AvgIpc) is 2.33. The van der Waals surface area contributed by atoms with Gasteiger partial charge >= 0.3 is 0 Å². The van der Waals surface area contributed by atoms with Crippen LogP contribution in [0.15, 0.2) is 12.1 Å². The van der Waals surface area contributed by atoms with E-state index >= 15 is 0 Å². The first-order valence-electron chi connectivity index (χ1n) is 5.62. The van der Waals surface area contributed by atoms with Crippen molar-refractivity contribution in [1.29, 1.82) is 0 Å². The van der Waals surface area contributed by atoms with E-state index in [4.69, 9.17) is 0 Å². The third-order valence-electron chi connectivity index (χ3n) is 2.94. The van der Waals surface area contributed by atoms with Gasteiger partial charge in [-0.25, -0.2) is 17.6 Å². The molecule has 0 spiro atoms. The zero-order valence-electron chi connectivity index (χ0n) is 9.73. The minimum absolute atomic E-state index is 0.0751. The molecule has 0 N–H and O–H groups in total. The maximum Gasteiger partial charge on any atom is 0.265 e. The van der Waals surface area contributed by atoms with Crippen LogP contribution in [0.4, 0.5) is 17.6 Å². The lowest BCUT2D eigenvalue weighted by atomic mass is 10.1. The summed E-state index contributed by atoms with van der Waals surface area (Å²) in [6.07, 6.45) is -0.194. The van der Waals surface area contributed by atoms with Crippen LogP contribution in [0.1, 0.15) is 23.2 Å². The van der Waals surface area contributed by atoms with E-state index in [1.165, 1.54) is 6.07 Å². The van der Waals surface area contributed by atoms with Gasteiger partial charge < -0.3 is 4.90 Å². The van der Waals surface area contributed by atoms with Crippen molar-refractivity contribution in [3.8, 4) is 0 Å². The fourth-order valence-electron chi connectivity index (χ4n) is 2.02. The quantitative estimate of drug-likeness (QED) is 0.411. The van der Waals surface area contributed by atoms with Crippen LogP contribution in [0.25, 0.3) is 0 Å². The largest absolute Gasteiger partial charge is 0.332 e. The molecule has 1 amide bonds. The van der Waals surface area contributed by atoms with Crippen molar-refractivity contribution in [1.82, 2.24) is 4.90 Å². The van der Waals surface area contributed by atoms with Crippen molar-refractivity contribution in [2.24, 2.45) is 0 Å². The molecule has 0 unspecified atom stereocenters. The Bertz CT molecular complexity index is 521. The SMILES string of the molecule is O=C(c1c(F)ccc(I)c1F)N1CCCC(F)(F)C1. The second-order valence-electron chi connectivity index (χ2n) is 4.40. The highest BCUT2D eigenvalue weighted by Crippen LogP contribution is 2.28. The number of hydrogen-bond donors (Lipinski definition) is 0. The molecular formula is C12H10F4INO.